The molecule has 1 aromatic rings. The first-order chi connectivity index (χ1) is 11.0. The maximum Gasteiger partial charge on any atom is 0.282 e. The molecule has 1 aromatic carbocycles. The number of benzene rings is 1. The summed E-state index contributed by atoms with van der Waals surface area (Å²) in [6.07, 6.45) is 0. The Labute approximate surface area is 139 Å². The number of rotatable bonds is 6. The minimum Gasteiger partial charge on any atom is -0.496 e. The van der Waals surface area contributed by atoms with Crippen molar-refractivity contribution >= 4 is 10.2 Å². The maximum absolute atomic E-state index is 12.8. The van der Waals surface area contributed by atoms with Crippen LogP contribution in [0.5, 0.6) is 5.75 Å². The zero-order valence-corrected chi connectivity index (χ0v) is 15.2. The van der Waals surface area contributed by atoms with Gasteiger partial charge in [-0.2, -0.15) is 17.0 Å². The van der Waals surface area contributed by atoms with Gasteiger partial charge < -0.3 is 4.74 Å². The van der Waals surface area contributed by atoms with Crippen LogP contribution in [0.2, 0.25) is 0 Å². The molecular formula is C16H27N3O3S. The van der Waals surface area contributed by atoms with Gasteiger partial charge in [-0.15, -0.1) is 0 Å². The van der Waals surface area contributed by atoms with Gasteiger partial charge in [0, 0.05) is 38.3 Å². The van der Waals surface area contributed by atoms with E-state index in [1.165, 1.54) is 4.31 Å². The first kappa shape index (κ1) is 18.2. The van der Waals surface area contributed by atoms with E-state index in [1.54, 1.807) is 11.4 Å². The highest BCUT2D eigenvalue weighted by atomic mass is 32.2. The molecule has 23 heavy (non-hydrogen) atoms. The third-order valence-corrected chi connectivity index (χ3v) is 6.62. The van der Waals surface area contributed by atoms with Gasteiger partial charge in [-0.05, 0) is 13.1 Å². The molecule has 0 spiro atoms. The van der Waals surface area contributed by atoms with E-state index in [-0.39, 0.29) is 6.04 Å². The van der Waals surface area contributed by atoms with E-state index < -0.39 is 10.2 Å². The molecule has 0 saturated carbocycles. The molecule has 130 valence electrons. The number of nitrogens with zero attached hydrogens (tertiary/aromatic N) is 3. The summed E-state index contributed by atoms with van der Waals surface area (Å²) in [7, 11) is 0.262. The molecule has 0 N–H and O–H groups in total. The summed E-state index contributed by atoms with van der Waals surface area (Å²) in [6.45, 7) is 6.37. The van der Waals surface area contributed by atoms with Crippen LogP contribution in [0.3, 0.4) is 0 Å². The molecule has 0 radical (unpaired) electrons. The van der Waals surface area contributed by atoms with Crippen molar-refractivity contribution in [2.45, 2.75) is 19.9 Å². The van der Waals surface area contributed by atoms with Crippen LogP contribution in [0.4, 0.5) is 0 Å². The van der Waals surface area contributed by atoms with Gasteiger partial charge in [0.15, 0.2) is 0 Å². The molecule has 0 bridgehead atoms. The van der Waals surface area contributed by atoms with Gasteiger partial charge in [-0.25, -0.2) is 0 Å². The molecule has 0 aliphatic carbocycles. The summed E-state index contributed by atoms with van der Waals surface area (Å²) < 4.78 is 34.1. The fourth-order valence-corrected chi connectivity index (χ4v) is 4.67. The summed E-state index contributed by atoms with van der Waals surface area (Å²) in [5.41, 5.74) is 1.02. The Hall–Kier alpha value is -1.15. The van der Waals surface area contributed by atoms with Gasteiger partial charge in [-0.1, -0.05) is 32.0 Å². The van der Waals surface area contributed by atoms with Gasteiger partial charge in [0.05, 0.1) is 13.2 Å². The third kappa shape index (κ3) is 3.68. The summed E-state index contributed by atoms with van der Waals surface area (Å²) >= 11 is 0. The van der Waals surface area contributed by atoms with Crippen molar-refractivity contribution in [3.8, 4) is 5.75 Å². The number of hydrogen-bond donors (Lipinski definition) is 0. The topological polar surface area (TPSA) is 53.1 Å². The lowest BCUT2D eigenvalue weighted by Crippen LogP contribution is -2.53. The maximum atomic E-state index is 12.8. The van der Waals surface area contributed by atoms with E-state index >= 15 is 0 Å². The summed E-state index contributed by atoms with van der Waals surface area (Å²) in [5, 5.41) is 0. The first-order valence-electron chi connectivity index (χ1n) is 8.04. The Morgan fingerprint density at radius 2 is 1.87 bits per heavy atom. The van der Waals surface area contributed by atoms with Gasteiger partial charge in [0.25, 0.3) is 10.2 Å². The van der Waals surface area contributed by atoms with Gasteiger partial charge in [-0.3, -0.25) is 4.90 Å². The average Bonchev–Trinajstić information content (AvgIpc) is 2.56. The average molecular weight is 341 g/mol. The summed E-state index contributed by atoms with van der Waals surface area (Å²) in [6, 6.07) is 7.80. The second-order valence-electron chi connectivity index (χ2n) is 5.69. The fourth-order valence-electron chi connectivity index (χ4n) is 3.05. The monoisotopic (exact) mass is 341 g/mol. The molecule has 1 saturated heterocycles. The predicted octanol–water partition coefficient (Wildman–Crippen LogP) is 1.57. The second kappa shape index (κ2) is 7.61. The van der Waals surface area contributed by atoms with Crippen molar-refractivity contribution in [1.82, 2.24) is 13.5 Å². The van der Waals surface area contributed by atoms with Crippen molar-refractivity contribution in [2.75, 3.05) is 46.9 Å². The number of hydrogen-bond acceptors (Lipinski definition) is 4. The Morgan fingerprint density at radius 1 is 1.22 bits per heavy atom. The quantitative estimate of drug-likeness (QED) is 0.788. The van der Waals surface area contributed by atoms with Gasteiger partial charge >= 0.3 is 0 Å². The SMILES string of the molecule is CCN(CC)S(=O)(=O)N1CCN(C)[C@H](c2ccccc2OC)C1. The minimum absolute atomic E-state index is 0.00904. The van der Waals surface area contributed by atoms with Crippen molar-refractivity contribution in [3.05, 3.63) is 29.8 Å². The number of methoxy groups -OCH3 is 1. The van der Waals surface area contributed by atoms with Crippen molar-refractivity contribution in [2.24, 2.45) is 0 Å². The lowest BCUT2D eigenvalue weighted by Gasteiger charge is -2.40. The lowest BCUT2D eigenvalue weighted by atomic mass is 10.0. The highest BCUT2D eigenvalue weighted by molar-refractivity contribution is 7.86. The number of likely N-dealkylation sites (N-methyl/N-ethyl adjacent to an activating group) is 1. The second-order valence-corrected chi connectivity index (χ2v) is 7.62. The smallest absolute Gasteiger partial charge is 0.282 e. The highest BCUT2D eigenvalue weighted by Crippen LogP contribution is 2.32. The molecule has 2 rings (SSSR count). The van der Waals surface area contributed by atoms with E-state index in [9.17, 15) is 8.42 Å². The van der Waals surface area contributed by atoms with Crippen LogP contribution in [0.15, 0.2) is 24.3 Å². The molecule has 1 fully saturated rings. The molecule has 1 heterocycles. The summed E-state index contributed by atoms with van der Waals surface area (Å²) in [4.78, 5) is 2.19. The Bertz CT molecular complexity index is 617. The zero-order valence-electron chi connectivity index (χ0n) is 14.4. The van der Waals surface area contributed by atoms with Crippen LogP contribution >= 0.6 is 0 Å². The molecule has 0 amide bonds. The van der Waals surface area contributed by atoms with Crippen LogP contribution in [-0.2, 0) is 10.2 Å². The largest absolute Gasteiger partial charge is 0.496 e. The van der Waals surface area contributed by atoms with Crippen LogP contribution in [0.1, 0.15) is 25.5 Å². The van der Waals surface area contributed by atoms with Crippen LogP contribution < -0.4 is 4.74 Å². The standard InChI is InChI=1S/C16H27N3O3S/c1-5-18(6-2)23(20,21)19-12-11-17(3)15(13-19)14-9-7-8-10-16(14)22-4/h7-10,15H,5-6,11-13H2,1-4H3/t15-/m0/s1. The van der Waals surface area contributed by atoms with Crippen LogP contribution in [-0.4, -0.2) is 68.8 Å². The van der Waals surface area contributed by atoms with Gasteiger partial charge in [0.2, 0.25) is 0 Å². The first-order valence-corrected chi connectivity index (χ1v) is 9.43. The molecule has 1 aliphatic heterocycles. The van der Waals surface area contributed by atoms with E-state index in [0.29, 0.717) is 32.7 Å². The predicted molar refractivity (Wildman–Crippen MR) is 91.8 cm³/mol. The van der Waals surface area contributed by atoms with E-state index in [2.05, 4.69) is 4.90 Å². The molecule has 1 atom stereocenters. The van der Waals surface area contributed by atoms with Crippen molar-refractivity contribution in [3.63, 3.8) is 0 Å². The Kier molecular flexibility index (Phi) is 6.02. The molecule has 0 aromatic heterocycles. The number of para-hydroxylation sites is 1. The van der Waals surface area contributed by atoms with Crippen LogP contribution in [0.25, 0.3) is 0 Å². The lowest BCUT2D eigenvalue weighted by molar-refractivity contribution is 0.140. The Balaban J connectivity index is 2.29. The molecular weight excluding hydrogens is 314 g/mol. The highest BCUT2D eigenvalue weighted by Gasteiger charge is 2.35. The molecule has 1 aliphatic rings. The molecule has 0 unspecified atom stereocenters. The van der Waals surface area contributed by atoms with Crippen molar-refractivity contribution < 1.29 is 13.2 Å². The van der Waals surface area contributed by atoms with Crippen molar-refractivity contribution in [1.29, 1.82) is 0 Å². The number of piperazine rings is 1. The molecule has 6 nitrogen and oxygen atoms in total. The van der Waals surface area contributed by atoms with E-state index in [0.717, 1.165) is 11.3 Å². The zero-order chi connectivity index (χ0) is 17.0. The normalized spacial score (nSPS) is 20.8. The Morgan fingerprint density at radius 3 is 2.48 bits per heavy atom. The number of ether oxygens (including phenoxy) is 1. The molecule has 7 heteroatoms. The third-order valence-electron chi connectivity index (χ3n) is 4.47. The van der Waals surface area contributed by atoms with E-state index in [4.69, 9.17) is 4.74 Å². The van der Waals surface area contributed by atoms with E-state index in [1.807, 2.05) is 45.2 Å². The summed E-state index contributed by atoms with van der Waals surface area (Å²) in [5.74, 6) is 0.798. The van der Waals surface area contributed by atoms with Gasteiger partial charge in [0.1, 0.15) is 5.75 Å². The van der Waals surface area contributed by atoms with Crippen LogP contribution in [0, 0.1) is 0 Å². The fraction of sp³-hybridized carbons (Fsp3) is 0.625. The minimum atomic E-state index is -3.41.